The number of hydrogen-bond acceptors (Lipinski definition) is 2. The molecule has 1 N–H and O–H groups in total. The SMILES string of the molecule is CCc1nn(C)c(CCC(C)CNC2CC2)c1Br. The van der Waals surface area contributed by atoms with Gasteiger partial charge in [-0.15, -0.1) is 0 Å². The fraction of sp³-hybridized carbons (Fsp3) is 0.786. The van der Waals surface area contributed by atoms with Gasteiger partial charge in [0.05, 0.1) is 15.9 Å². The molecule has 1 aromatic rings. The van der Waals surface area contributed by atoms with Crippen molar-refractivity contribution in [3.8, 4) is 0 Å². The summed E-state index contributed by atoms with van der Waals surface area (Å²) in [5.74, 6) is 0.734. The lowest BCUT2D eigenvalue weighted by atomic mass is 10.0. The van der Waals surface area contributed by atoms with Crippen molar-refractivity contribution in [2.75, 3.05) is 6.54 Å². The van der Waals surface area contributed by atoms with Crippen LogP contribution in [0.4, 0.5) is 0 Å². The van der Waals surface area contributed by atoms with Gasteiger partial charge >= 0.3 is 0 Å². The molecule has 1 heterocycles. The van der Waals surface area contributed by atoms with E-state index in [4.69, 9.17) is 0 Å². The molecule has 0 bridgehead atoms. The van der Waals surface area contributed by atoms with Crippen molar-refractivity contribution in [2.45, 2.75) is 52.0 Å². The first-order valence-electron chi connectivity index (χ1n) is 7.05. The molecule has 3 nitrogen and oxygen atoms in total. The summed E-state index contributed by atoms with van der Waals surface area (Å²) >= 11 is 3.69. The maximum Gasteiger partial charge on any atom is 0.0766 e. The second-order valence-electron chi connectivity index (χ2n) is 5.51. The molecule has 1 aromatic heterocycles. The van der Waals surface area contributed by atoms with Crippen LogP contribution in [0.3, 0.4) is 0 Å². The van der Waals surface area contributed by atoms with Crippen LogP contribution >= 0.6 is 15.9 Å². The maximum absolute atomic E-state index is 4.54. The molecule has 4 heteroatoms. The quantitative estimate of drug-likeness (QED) is 0.838. The van der Waals surface area contributed by atoms with Gasteiger partial charge in [-0.25, -0.2) is 0 Å². The monoisotopic (exact) mass is 313 g/mol. The molecule has 1 aliphatic rings. The smallest absolute Gasteiger partial charge is 0.0766 e. The Labute approximate surface area is 118 Å². The van der Waals surface area contributed by atoms with Gasteiger partial charge in [0.2, 0.25) is 0 Å². The first-order valence-corrected chi connectivity index (χ1v) is 7.84. The Kier molecular flexibility index (Phi) is 4.84. The normalized spacial score (nSPS) is 17.1. The number of nitrogens with one attached hydrogen (secondary N) is 1. The second-order valence-corrected chi connectivity index (χ2v) is 6.30. The summed E-state index contributed by atoms with van der Waals surface area (Å²) in [7, 11) is 2.05. The molecule has 2 rings (SSSR count). The summed E-state index contributed by atoms with van der Waals surface area (Å²) in [4.78, 5) is 0. The first kappa shape index (κ1) is 14.1. The average molecular weight is 314 g/mol. The van der Waals surface area contributed by atoms with E-state index >= 15 is 0 Å². The summed E-state index contributed by atoms with van der Waals surface area (Å²) < 4.78 is 3.25. The molecular weight excluding hydrogens is 290 g/mol. The van der Waals surface area contributed by atoms with Crippen molar-refractivity contribution in [3.63, 3.8) is 0 Å². The fourth-order valence-corrected chi connectivity index (χ4v) is 3.05. The van der Waals surface area contributed by atoms with Crippen molar-refractivity contribution >= 4 is 15.9 Å². The third-order valence-corrected chi connectivity index (χ3v) is 4.62. The van der Waals surface area contributed by atoms with E-state index in [1.165, 1.54) is 35.1 Å². The first-order chi connectivity index (χ1) is 8.61. The molecule has 0 radical (unpaired) electrons. The molecule has 0 spiro atoms. The molecule has 1 saturated carbocycles. The lowest BCUT2D eigenvalue weighted by molar-refractivity contribution is 0.472. The largest absolute Gasteiger partial charge is 0.314 e. The van der Waals surface area contributed by atoms with E-state index < -0.39 is 0 Å². The zero-order chi connectivity index (χ0) is 13.1. The minimum atomic E-state index is 0.734. The highest BCUT2D eigenvalue weighted by atomic mass is 79.9. The Hall–Kier alpha value is -0.350. The highest BCUT2D eigenvalue weighted by Gasteiger charge is 2.21. The predicted molar refractivity (Wildman–Crippen MR) is 78.8 cm³/mol. The van der Waals surface area contributed by atoms with Crippen LogP contribution in [0.5, 0.6) is 0 Å². The van der Waals surface area contributed by atoms with E-state index in [-0.39, 0.29) is 0 Å². The van der Waals surface area contributed by atoms with Gasteiger partial charge in [0.1, 0.15) is 0 Å². The van der Waals surface area contributed by atoms with Crippen LogP contribution in [0.1, 0.15) is 44.5 Å². The van der Waals surface area contributed by atoms with Gasteiger partial charge in [-0.1, -0.05) is 13.8 Å². The molecule has 102 valence electrons. The summed E-state index contributed by atoms with van der Waals surface area (Å²) in [5.41, 5.74) is 2.52. The summed E-state index contributed by atoms with van der Waals surface area (Å²) in [6.07, 6.45) is 6.07. The Balaban J connectivity index is 1.82. The summed E-state index contributed by atoms with van der Waals surface area (Å²) in [5, 5.41) is 8.15. The van der Waals surface area contributed by atoms with Crippen LogP contribution in [0, 0.1) is 5.92 Å². The van der Waals surface area contributed by atoms with Crippen molar-refractivity contribution in [1.82, 2.24) is 15.1 Å². The van der Waals surface area contributed by atoms with E-state index in [1.807, 2.05) is 11.7 Å². The molecule has 0 saturated heterocycles. The summed E-state index contributed by atoms with van der Waals surface area (Å²) in [6.45, 7) is 5.64. The number of hydrogen-bond donors (Lipinski definition) is 1. The molecule has 1 aliphatic carbocycles. The van der Waals surface area contributed by atoms with Gasteiger partial charge in [0, 0.05) is 13.1 Å². The lowest BCUT2D eigenvalue weighted by Crippen LogP contribution is -2.23. The Morgan fingerprint density at radius 2 is 2.22 bits per heavy atom. The van der Waals surface area contributed by atoms with E-state index in [2.05, 4.69) is 40.2 Å². The fourth-order valence-electron chi connectivity index (χ4n) is 2.23. The maximum atomic E-state index is 4.54. The van der Waals surface area contributed by atoms with Crippen molar-refractivity contribution in [1.29, 1.82) is 0 Å². The number of halogens is 1. The standard InChI is InChI=1S/C14H24BrN3/c1-4-12-14(15)13(18(3)17-12)8-5-10(2)9-16-11-6-7-11/h10-11,16H,4-9H2,1-3H3. The second kappa shape index (κ2) is 6.20. The molecule has 0 aliphatic heterocycles. The highest BCUT2D eigenvalue weighted by Crippen LogP contribution is 2.24. The van der Waals surface area contributed by atoms with Crippen LogP contribution in [0.2, 0.25) is 0 Å². The van der Waals surface area contributed by atoms with Gasteiger partial charge in [0.25, 0.3) is 0 Å². The van der Waals surface area contributed by atoms with E-state index in [9.17, 15) is 0 Å². The average Bonchev–Trinajstić information content (AvgIpc) is 3.13. The van der Waals surface area contributed by atoms with Crippen molar-refractivity contribution in [2.24, 2.45) is 13.0 Å². The van der Waals surface area contributed by atoms with Gasteiger partial charge < -0.3 is 5.32 Å². The molecule has 0 aromatic carbocycles. The number of nitrogens with zero attached hydrogens (tertiary/aromatic N) is 2. The minimum absolute atomic E-state index is 0.734. The van der Waals surface area contributed by atoms with Gasteiger partial charge in [-0.3, -0.25) is 4.68 Å². The molecule has 1 fully saturated rings. The Bertz CT molecular complexity index is 396. The third-order valence-electron chi connectivity index (χ3n) is 3.71. The zero-order valence-corrected chi connectivity index (χ0v) is 13.3. The van der Waals surface area contributed by atoms with E-state index in [1.54, 1.807) is 0 Å². The van der Waals surface area contributed by atoms with Crippen molar-refractivity contribution < 1.29 is 0 Å². The van der Waals surface area contributed by atoms with Gasteiger partial charge in [0.15, 0.2) is 0 Å². The summed E-state index contributed by atoms with van der Waals surface area (Å²) in [6, 6.07) is 0.822. The van der Waals surface area contributed by atoms with E-state index in [0.717, 1.165) is 31.3 Å². The highest BCUT2D eigenvalue weighted by molar-refractivity contribution is 9.10. The Morgan fingerprint density at radius 1 is 1.50 bits per heavy atom. The molecule has 1 atom stereocenters. The van der Waals surface area contributed by atoms with Crippen LogP contribution in [0.25, 0.3) is 0 Å². The zero-order valence-electron chi connectivity index (χ0n) is 11.7. The van der Waals surface area contributed by atoms with Crippen LogP contribution in [0.15, 0.2) is 4.47 Å². The number of rotatable bonds is 7. The molecule has 18 heavy (non-hydrogen) atoms. The number of aromatic nitrogens is 2. The van der Waals surface area contributed by atoms with Gasteiger partial charge in [-0.2, -0.15) is 5.10 Å². The number of aryl methyl sites for hydroxylation is 2. The van der Waals surface area contributed by atoms with Crippen LogP contribution in [-0.4, -0.2) is 22.4 Å². The Morgan fingerprint density at radius 3 is 2.78 bits per heavy atom. The van der Waals surface area contributed by atoms with Crippen LogP contribution < -0.4 is 5.32 Å². The van der Waals surface area contributed by atoms with E-state index in [0.29, 0.717) is 0 Å². The van der Waals surface area contributed by atoms with Gasteiger partial charge in [-0.05, 0) is 60.5 Å². The van der Waals surface area contributed by atoms with Crippen molar-refractivity contribution in [3.05, 3.63) is 15.9 Å². The predicted octanol–water partition coefficient (Wildman–Crippen LogP) is 3.07. The topological polar surface area (TPSA) is 29.9 Å². The third kappa shape index (κ3) is 3.58. The molecule has 0 amide bonds. The minimum Gasteiger partial charge on any atom is -0.314 e. The molecular formula is C14H24BrN3. The molecule has 1 unspecified atom stereocenters. The van der Waals surface area contributed by atoms with Crippen LogP contribution in [-0.2, 0) is 19.9 Å². The lowest BCUT2D eigenvalue weighted by Gasteiger charge is -2.12.